The van der Waals surface area contributed by atoms with Crippen molar-refractivity contribution in [2.75, 3.05) is 0 Å². The van der Waals surface area contributed by atoms with Gasteiger partial charge in [0.1, 0.15) is 11.6 Å². The molecule has 2 nitrogen and oxygen atoms in total. The van der Waals surface area contributed by atoms with Crippen molar-refractivity contribution >= 4 is 17.6 Å². The number of nitrogens with zero attached hydrogens (tertiary/aromatic N) is 1. The number of hydrogen-bond donors (Lipinski definition) is 1. The van der Waals surface area contributed by atoms with E-state index in [-0.39, 0.29) is 18.3 Å². The van der Waals surface area contributed by atoms with Crippen molar-refractivity contribution in [1.82, 2.24) is 9.97 Å². The first-order valence-electron chi connectivity index (χ1n) is 7.51. The summed E-state index contributed by atoms with van der Waals surface area (Å²) in [5.74, 6) is -0.110. The van der Waals surface area contributed by atoms with Crippen LogP contribution in [-0.2, 0) is 0 Å². The standard InChI is InChI=1S/C15H15BF2.C3H4N2/c1-11(2)16(12-3-7-14(17)8-4-12)13-5-9-15(18)10-6-13;1-2-5-3-4-1/h3-11H,1-2H3;1-3H,(H,4,5). The number of aromatic amines is 1. The third-order valence-corrected chi connectivity index (χ3v) is 3.53. The number of hydrogen-bond acceptors (Lipinski definition) is 1. The largest absolute Gasteiger partial charge is 0.351 e. The molecule has 0 saturated heterocycles. The monoisotopic (exact) mass is 312 g/mol. The van der Waals surface area contributed by atoms with Crippen LogP contribution in [0, 0.1) is 11.6 Å². The van der Waals surface area contributed by atoms with Gasteiger partial charge in [-0.2, -0.15) is 0 Å². The summed E-state index contributed by atoms with van der Waals surface area (Å²) in [5, 5.41) is 0. The van der Waals surface area contributed by atoms with Crippen LogP contribution in [0.15, 0.2) is 67.3 Å². The van der Waals surface area contributed by atoms with Crippen molar-refractivity contribution in [3.8, 4) is 0 Å². The minimum Gasteiger partial charge on any atom is -0.351 e. The van der Waals surface area contributed by atoms with Crippen LogP contribution < -0.4 is 10.9 Å². The molecule has 2 aromatic carbocycles. The summed E-state index contributed by atoms with van der Waals surface area (Å²) in [6.45, 7) is 4.38. The molecule has 118 valence electrons. The minimum atomic E-state index is -0.236. The Morgan fingerprint density at radius 2 is 1.35 bits per heavy atom. The Bertz CT molecular complexity index is 617. The van der Waals surface area contributed by atoms with Gasteiger partial charge in [0, 0.05) is 12.4 Å². The third-order valence-electron chi connectivity index (χ3n) is 3.53. The minimum absolute atomic E-state index is 0.159. The van der Waals surface area contributed by atoms with Crippen molar-refractivity contribution < 1.29 is 8.78 Å². The number of aromatic nitrogens is 2. The fourth-order valence-corrected chi connectivity index (χ4v) is 2.52. The zero-order valence-electron chi connectivity index (χ0n) is 13.2. The molecule has 0 spiro atoms. The van der Waals surface area contributed by atoms with Crippen LogP contribution in [0.3, 0.4) is 0 Å². The highest BCUT2D eigenvalue weighted by atomic mass is 19.1. The van der Waals surface area contributed by atoms with Crippen LogP contribution in [0.25, 0.3) is 0 Å². The number of H-pyrrole nitrogens is 1. The summed E-state index contributed by atoms with van der Waals surface area (Å²) in [4.78, 5) is 6.42. The SMILES string of the molecule is CC(C)B(c1ccc(F)cc1)c1ccc(F)cc1.c1c[nH]cn1. The van der Waals surface area contributed by atoms with Gasteiger partial charge in [0.15, 0.2) is 0 Å². The van der Waals surface area contributed by atoms with E-state index in [0.29, 0.717) is 5.82 Å². The van der Waals surface area contributed by atoms with Gasteiger partial charge in [-0.3, -0.25) is 0 Å². The summed E-state index contributed by atoms with van der Waals surface area (Å²) in [7, 11) is 0. The van der Waals surface area contributed by atoms with Crippen molar-refractivity contribution in [3.05, 3.63) is 78.9 Å². The summed E-state index contributed by atoms with van der Waals surface area (Å²) in [6.07, 6.45) is 5.08. The number of nitrogens with one attached hydrogen (secondary N) is 1. The Kier molecular flexibility index (Phi) is 6.09. The Labute approximate surface area is 135 Å². The smallest absolute Gasteiger partial charge is 0.211 e. The molecule has 0 atom stereocenters. The molecule has 0 aliphatic heterocycles. The van der Waals surface area contributed by atoms with Gasteiger partial charge in [-0.1, -0.05) is 54.9 Å². The van der Waals surface area contributed by atoms with E-state index in [4.69, 9.17) is 0 Å². The topological polar surface area (TPSA) is 28.7 Å². The molecule has 23 heavy (non-hydrogen) atoms. The van der Waals surface area contributed by atoms with Crippen molar-refractivity contribution in [2.24, 2.45) is 0 Å². The maximum absolute atomic E-state index is 13.0. The van der Waals surface area contributed by atoms with E-state index in [0.717, 1.165) is 10.9 Å². The van der Waals surface area contributed by atoms with Gasteiger partial charge in [-0.05, 0) is 24.3 Å². The zero-order chi connectivity index (χ0) is 16.7. The quantitative estimate of drug-likeness (QED) is 0.738. The van der Waals surface area contributed by atoms with E-state index in [2.05, 4.69) is 23.8 Å². The average molecular weight is 312 g/mol. The highest BCUT2D eigenvalue weighted by Crippen LogP contribution is 2.09. The fourth-order valence-electron chi connectivity index (χ4n) is 2.52. The van der Waals surface area contributed by atoms with E-state index in [1.54, 1.807) is 43.0 Å². The summed E-state index contributed by atoms with van der Waals surface area (Å²) in [5.41, 5.74) is 2.11. The molecular formula is C18H19BF2N2. The van der Waals surface area contributed by atoms with Gasteiger partial charge in [0.2, 0.25) is 6.71 Å². The Hall–Kier alpha value is -2.43. The van der Waals surface area contributed by atoms with Crippen molar-refractivity contribution in [1.29, 1.82) is 0 Å². The predicted molar refractivity (Wildman–Crippen MR) is 91.5 cm³/mol. The number of imidazole rings is 1. The molecule has 0 fully saturated rings. The lowest BCUT2D eigenvalue weighted by atomic mass is 9.34. The molecule has 1 aromatic heterocycles. The van der Waals surface area contributed by atoms with Gasteiger partial charge in [0.25, 0.3) is 0 Å². The van der Waals surface area contributed by atoms with E-state index in [9.17, 15) is 8.78 Å². The number of rotatable bonds is 3. The predicted octanol–water partition coefficient (Wildman–Crippen LogP) is 3.39. The second kappa shape index (κ2) is 8.27. The van der Waals surface area contributed by atoms with Crippen molar-refractivity contribution in [3.63, 3.8) is 0 Å². The Morgan fingerprint density at radius 3 is 1.61 bits per heavy atom. The van der Waals surface area contributed by atoms with Crippen molar-refractivity contribution in [2.45, 2.75) is 19.7 Å². The molecule has 0 aliphatic carbocycles. The molecule has 0 bridgehead atoms. The molecule has 0 saturated carbocycles. The van der Waals surface area contributed by atoms with Crippen LogP contribution in [-0.4, -0.2) is 16.7 Å². The van der Waals surface area contributed by atoms with Gasteiger partial charge < -0.3 is 4.98 Å². The maximum atomic E-state index is 13.0. The number of halogens is 2. The third kappa shape index (κ3) is 5.06. The normalized spacial score (nSPS) is 10.1. The molecule has 3 aromatic rings. The lowest BCUT2D eigenvalue weighted by molar-refractivity contribution is 0.628. The van der Waals surface area contributed by atoms with Crippen LogP contribution >= 0.6 is 0 Å². The highest BCUT2D eigenvalue weighted by molar-refractivity contribution is 6.86. The first kappa shape index (κ1) is 16.9. The van der Waals surface area contributed by atoms with Gasteiger partial charge >= 0.3 is 0 Å². The second-order valence-corrected chi connectivity index (χ2v) is 5.59. The first-order chi connectivity index (χ1) is 11.1. The molecular weight excluding hydrogens is 293 g/mol. The zero-order valence-corrected chi connectivity index (χ0v) is 13.2. The van der Waals surface area contributed by atoms with Gasteiger partial charge in [0.05, 0.1) is 6.33 Å². The average Bonchev–Trinajstić information content (AvgIpc) is 3.11. The molecule has 0 aliphatic rings. The summed E-state index contributed by atoms with van der Waals surface area (Å²) < 4.78 is 25.9. The van der Waals surface area contributed by atoms with Crippen LogP contribution in [0.1, 0.15) is 13.8 Å². The van der Waals surface area contributed by atoms with Crippen LogP contribution in [0.2, 0.25) is 5.82 Å². The van der Waals surface area contributed by atoms with Gasteiger partial charge in [-0.25, -0.2) is 13.8 Å². The van der Waals surface area contributed by atoms with E-state index < -0.39 is 0 Å². The van der Waals surface area contributed by atoms with E-state index in [1.165, 1.54) is 24.3 Å². The summed E-state index contributed by atoms with van der Waals surface area (Å²) in [6, 6.07) is 13.0. The molecule has 1 N–H and O–H groups in total. The van der Waals surface area contributed by atoms with Crippen LogP contribution in [0.5, 0.6) is 0 Å². The molecule has 0 radical (unpaired) electrons. The second-order valence-electron chi connectivity index (χ2n) is 5.59. The fraction of sp³-hybridized carbons (Fsp3) is 0.167. The molecule has 5 heteroatoms. The molecule has 0 unspecified atom stereocenters. The lowest BCUT2D eigenvalue weighted by Gasteiger charge is -2.18. The summed E-state index contributed by atoms with van der Waals surface area (Å²) >= 11 is 0. The first-order valence-corrected chi connectivity index (χ1v) is 7.51. The molecule has 3 rings (SSSR count). The maximum Gasteiger partial charge on any atom is 0.211 e. The van der Waals surface area contributed by atoms with E-state index in [1.807, 2.05) is 0 Å². The molecule has 0 amide bonds. The number of benzene rings is 2. The lowest BCUT2D eigenvalue weighted by Crippen LogP contribution is -2.44. The van der Waals surface area contributed by atoms with Gasteiger partial charge in [-0.15, -0.1) is 0 Å². The van der Waals surface area contributed by atoms with E-state index >= 15 is 0 Å². The Balaban J connectivity index is 0.000000326. The highest BCUT2D eigenvalue weighted by Gasteiger charge is 2.22. The Morgan fingerprint density at radius 1 is 0.870 bits per heavy atom. The van der Waals surface area contributed by atoms with Crippen LogP contribution in [0.4, 0.5) is 8.78 Å². The molecule has 1 heterocycles.